The van der Waals surface area contributed by atoms with Crippen molar-refractivity contribution in [2.45, 2.75) is 19.0 Å². The Morgan fingerprint density at radius 2 is 1.95 bits per heavy atom. The molecule has 2 aliphatic rings. The Kier molecular flexibility index (Phi) is 7.79. The average molecular weight is 545 g/mol. The Morgan fingerprint density at radius 1 is 1.13 bits per heavy atom. The quantitative estimate of drug-likeness (QED) is 0.249. The van der Waals surface area contributed by atoms with Crippen LogP contribution in [0, 0.1) is 0 Å². The van der Waals surface area contributed by atoms with Crippen LogP contribution in [0.2, 0.25) is 0 Å². The minimum atomic E-state index is -5.10. The lowest BCUT2D eigenvalue weighted by Crippen LogP contribution is -2.37. The van der Waals surface area contributed by atoms with Gasteiger partial charge in [0.1, 0.15) is 17.4 Å². The highest BCUT2D eigenvalue weighted by atomic mass is 19.4. The van der Waals surface area contributed by atoms with E-state index in [0.29, 0.717) is 81.1 Å². The molecule has 206 valence electrons. The maximum atomic E-state index is 12.8. The summed E-state index contributed by atoms with van der Waals surface area (Å²) in [7, 11) is 0. The number of nitrogens with zero attached hydrogens (tertiary/aromatic N) is 5. The first kappa shape index (κ1) is 26.6. The van der Waals surface area contributed by atoms with Gasteiger partial charge in [0, 0.05) is 61.9 Å². The molecule has 39 heavy (non-hydrogen) atoms. The topological polar surface area (TPSA) is 113 Å². The van der Waals surface area contributed by atoms with Crippen LogP contribution in [-0.2, 0) is 16.0 Å². The molecule has 2 N–H and O–H groups in total. The van der Waals surface area contributed by atoms with E-state index >= 15 is 0 Å². The summed E-state index contributed by atoms with van der Waals surface area (Å²) in [4.78, 5) is 29.6. The molecule has 0 atom stereocenters. The van der Waals surface area contributed by atoms with Crippen LogP contribution in [-0.4, -0.2) is 78.2 Å². The lowest BCUT2D eigenvalue weighted by Gasteiger charge is -2.28. The molecule has 0 aliphatic carbocycles. The van der Waals surface area contributed by atoms with E-state index in [2.05, 4.69) is 19.9 Å². The molecule has 5 rings (SSSR count). The second-order valence-corrected chi connectivity index (χ2v) is 8.99. The van der Waals surface area contributed by atoms with Crippen molar-refractivity contribution in [3.05, 3.63) is 48.2 Å². The van der Waals surface area contributed by atoms with Crippen LogP contribution in [0.1, 0.15) is 12.0 Å². The van der Waals surface area contributed by atoms with Crippen LogP contribution < -0.4 is 19.9 Å². The summed E-state index contributed by atoms with van der Waals surface area (Å²) in [6.45, 7) is 3.49. The van der Waals surface area contributed by atoms with Crippen LogP contribution in [0.5, 0.6) is 5.75 Å². The summed E-state index contributed by atoms with van der Waals surface area (Å²) < 4.78 is 48.4. The van der Waals surface area contributed by atoms with Gasteiger partial charge in [-0.15, -0.1) is 0 Å². The third kappa shape index (κ3) is 6.04. The van der Waals surface area contributed by atoms with Gasteiger partial charge in [-0.3, -0.25) is 0 Å². The predicted octanol–water partition coefficient (Wildman–Crippen LogP) is 3.33. The molecule has 0 radical (unpaired) electrons. The number of benzene rings is 1. The van der Waals surface area contributed by atoms with E-state index in [1.165, 1.54) is 18.2 Å². The molecule has 2 aromatic heterocycles. The number of aromatic nitrogens is 3. The molecule has 1 aromatic carbocycles. The van der Waals surface area contributed by atoms with Gasteiger partial charge in [0.25, 0.3) is 0 Å². The molecule has 0 bridgehead atoms. The molecule has 0 saturated carbocycles. The molecule has 1 fully saturated rings. The van der Waals surface area contributed by atoms with Crippen LogP contribution in [0.25, 0.3) is 11.3 Å². The summed E-state index contributed by atoms with van der Waals surface area (Å²) in [5.41, 5.74) is 2.77. The molecule has 4 heterocycles. The fourth-order valence-electron chi connectivity index (χ4n) is 4.49. The lowest BCUT2D eigenvalue weighted by atomic mass is 10.1. The molecule has 0 unspecified atom stereocenters. The third-order valence-corrected chi connectivity index (χ3v) is 6.35. The Bertz CT molecular complexity index is 1330. The molecule has 2 aliphatic heterocycles. The maximum absolute atomic E-state index is 12.8. The zero-order valence-electron chi connectivity index (χ0n) is 20.9. The fourth-order valence-corrected chi connectivity index (χ4v) is 4.49. The van der Waals surface area contributed by atoms with E-state index in [1.54, 1.807) is 12.3 Å². The third-order valence-electron chi connectivity index (χ3n) is 6.35. The van der Waals surface area contributed by atoms with Gasteiger partial charge >= 0.3 is 12.1 Å². The summed E-state index contributed by atoms with van der Waals surface area (Å²) >= 11 is 0. The van der Waals surface area contributed by atoms with Crippen molar-refractivity contribution in [3.8, 4) is 17.0 Å². The van der Waals surface area contributed by atoms with E-state index in [-0.39, 0.29) is 12.4 Å². The number of hydrogen-bond acceptors (Lipinski definition) is 10. The molecule has 3 aromatic rings. The van der Waals surface area contributed by atoms with Crippen LogP contribution in [0.15, 0.2) is 42.6 Å². The van der Waals surface area contributed by atoms with Crippen molar-refractivity contribution < 1.29 is 32.5 Å². The number of fused-ring (bicyclic) bond motifs is 1. The van der Waals surface area contributed by atoms with Crippen LogP contribution >= 0.6 is 0 Å². The highest BCUT2D eigenvalue weighted by molar-refractivity contribution is 5.80. The smallest absolute Gasteiger partial charge is 0.420 e. The first-order chi connectivity index (χ1) is 18.8. The second kappa shape index (κ2) is 11.4. The number of esters is 1. The number of hydrogen-bond donors (Lipinski definition) is 2. The monoisotopic (exact) mass is 544 g/mol. The number of anilines is 4. The largest absolute Gasteiger partial charge is 0.491 e. The Hall–Kier alpha value is -3.97. The first-order valence-electron chi connectivity index (χ1n) is 12.5. The standard InChI is InChI=1S/C26H27F3N6O4/c27-26(28,29)24(37)39-19-4-1-3-17(15-19)22-20-6-9-35(18-5-8-31-21(16-18)30-7-2-12-36)23(20)33-25(32-22)34-10-13-38-14-11-34/h1,3-5,8,15-16,36H,2,6-7,9-14H2,(H,30,31). The van der Waals surface area contributed by atoms with Crippen molar-refractivity contribution in [2.24, 2.45) is 0 Å². The Labute approximate surface area is 222 Å². The van der Waals surface area contributed by atoms with Crippen LogP contribution in [0.4, 0.5) is 36.4 Å². The number of halogens is 3. The normalized spacial score (nSPS) is 15.3. The summed E-state index contributed by atoms with van der Waals surface area (Å²) in [6.07, 6.45) is -2.23. The van der Waals surface area contributed by atoms with E-state index in [1.807, 2.05) is 17.0 Å². The number of rotatable bonds is 8. The molecular weight excluding hydrogens is 517 g/mol. The number of aliphatic hydroxyl groups excluding tert-OH is 1. The second-order valence-electron chi connectivity index (χ2n) is 8.99. The van der Waals surface area contributed by atoms with E-state index in [4.69, 9.17) is 19.8 Å². The zero-order valence-corrected chi connectivity index (χ0v) is 20.9. The number of morpholine rings is 1. The van der Waals surface area contributed by atoms with Gasteiger partial charge < -0.3 is 29.7 Å². The van der Waals surface area contributed by atoms with Crippen molar-refractivity contribution in [3.63, 3.8) is 0 Å². The molecular formula is C26H27F3N6O4. The van der Waals surface area contributed by atoms with Gasteiger partial charge in [-0.2, -0.15) is 18.2 Å². The number of aliphatic hydroxyl groups is 1. The molecule has 10 nitrogen and oxygen atoms in total. The molecule has 1 saturated heterocycles. The number of alkyl halides is 3. The number of pyridine rings is 1. The number of ether oxygens (including phenoxy) is 2. The van der Waals surface area contributed by atoms with Gasteiger partial charge in [0.2, 0.25) is 5.95 Å². The number of carbonyl (C=O) groups is 1. The minimum absolute atomic E-state index is 0.0762. The fraction of sp³-hybridized carbons (Fsp3) is 0.385. The van der Waals surface area contributed by atoms with Crippen molar-refractivity contribution >= 4 is 29.2 Å². The number of nitrogens with one attached hydrogen (secondary N) is 1. The molecule has 13 heteroatoms. The van der Waals surface area contributed by atoms with E-state index < -0.39 is 12.1 Å². The summed E-state index contributed by atoms with van der Waals surface area (Å²) in [5.74, 6) is -0.679. The highest BCUT2D eigenvalue weighted by Crippen LogP contribution is 2.40. The van der Waals surface area contributed by atoms with Crippen molar-refractivity contribution in [1.82, 2.24) is 15.0 Å². The zero-order chi connectivity index (χ0) is 27.4. The molecule has 0 amide bonds. The summed E-state index contributed by atoms with van der Waals surface area (Å²) in [6, 6.07) is 9.70. The first-order valence-corrected chi connectivity index (χ1v) is 12.5. The molecule has 0 spiro atoms. The summed E-state index contributed by atoms with van der Waals surface area (Å²) in [5, 5.41) is 12.3. The predicted molar refractivity (Wildman–Crippen MR) is 137 cm³/mol. The highest BCUT2D eigenvalue weighted by Gasteiger charge is 2.41. The van der Waals surface area contributed by atoms with Gasteiger partial charge in [-0.05, 0) is 31.0 Å². The minimum Gasteiger partial charge on any atom is -0.420 e. The SMILES string of the molecule is O=C(Oc1cccc(-c2nc(N3CCOCC3)nc3c2CCN3c2ccnc(NCCCO)c2)c1)C(F)(F)F. The lowest BCUT2D eigenvalue weighted by molar-refractivity contribution is -0.189. The Balaban J connectivity index is 1.53. The average Bonchev–Trinajstić information content (AvgIpc) is 3.37. The van der Waals surface area contributed by atoms with Crippen molar-refractivity contribution in [1.29, 1.82) is 0 Å². The Morgan fingerprint density at radius 3 is 2.72 bits per heavy atom. The van der Waals surface area contributed by atoms with Gasteiger partial charge in [0.15, 0.2) is 0 Å². The van der Waals surface area contributed by atoms with Gasteiger partial charge in [0.05, 0.1) is 18.9 Å². The van der Waals surface area contributed by atoms with E-state index in [9.17, 15) is 18.0 Å². The van der Waals surface area contributed by atoms with E-state index in [0.717, 1.165) is 11.3 Å². The van der Waals surface area contributed by atoms with Gasteiger partial charge in [-0.1, -0.05) is 12.1 Å². The van der Waals surface area contributed by atoms with Crippen molar-refractivity contribution in [2.75, 3.05) is 61.1 Å². The van der Waals surface area contributed by atoms with Crippen LogP contribution in [0.3, 0.4) is 0 Å². The maximum Gasteiger partial charge on any atom is 0.491 e. The number of carbonyl (C=O) groups excluding carboxylic acids is 1. The van der Waals surface area contributed by atoms with Gasteiger partial charge in [-0.25, -0.2) is 14.8 Å².